The average molecular weight is 383 g/mol. The highest BCUT2D eigenvalue weighted by Gasteiger charge is 2.31. The van der Waals surface area contributed by atoms with Gasteiger partial charge in [0.1, 0.15) is 10.7 Å². The summed E-state index contributed by atoms with van der Waals surface area (Å²) in [5, 5.41) is 1.04. The minimum absolute atomic E-state index is 0.138. The number of aryl methyl sites for hydroxylation is 4. The molecule has 3 aromatic rings. The second kappa shape index (κ2) is 7.08. The van der Waals surface area contributed by atoms with Gasteiger partial charge in [-0.1, -0.05) is 12.8 Å². The zero-order valence-corrected chi connectivity index (χ0v) is 17.3. The fourth-order valence-electron chi connectivity index (χ4n) is 4.29. The Labute approximate surface area is 164 Å². The minimum atomic E-state index is 0.138. The van der Waals surface area contributed by atoms with Crippen LogP contribution >= 0.6 is 11.3 Å². The van der Waals surface area contributed by atoms with Crippen LogP contribution in [0.5, 0.6) is 0 Å². The van der Waals surface area contributed by atoms with Crippen LogP contribution in [-0.4, -0.2) is 31.9 Å². The van der Waals surface area contributed by atoms with Crippen LogP contribution in [0, 0.1) is 20.8 Å². The van der Waals surface area contributed by atoms with E-state index in [1.165, 1.54) is 23.5 Å². The Morgan fingerprint density at radius 3 is 2.74 bits per heavy atom. The molecule has 0 spiro atoms. The van der Waals surface area contributed by atoms with Gasteiger partial charge in [0.2, 0.25) is 0 Å². The number of thiophene rings is 1. The van der Waals surface area contributed by atoms with Gasteiger partial charge in [-0.25, -0.2) is 9.97 Å². The Kier molecular flexibility index (Phi) is 4.76. The Bertz CT molecular complexity index is 1000. The summed E-state index contributed by atoms with van der Waals surface area (Å²) in [5.74, 6) is 0.900. The maximum atomic E-state index is 13.6. The highest BCUT2D eigenvalue weighted by Crippen LogP contribution is 2.36. The first kappa shape index (κ1) is 18.2. The third-order valence-corrected chi connectivity index (χ3v) is 6.79. The number of hydrogen-bond donors (Lipinski definition) is 0. The first-order valence-electron chi connectivity index (χ1n) is 9.64. The lowest BCUT2D eigenvalue weighted by Crippen LogP contribution is -2.35. The first-order valence-corrected chi connectivity index (χ1v) is 10.5. The maximum absolute atomic E-state index is 13.6. The van der Waals surface area contributed by atoms with Gasteiger partial charge in [0.15, 0.2) is 0 Å². The molecule has 0 radical (unpaired) electrons. The molecule has 1 amide bonds. The molecule has 1 saturated heterocycles. The number of fused-ring (bicyclic) bond motifs is 1. The van der Waals surface area contributed by atoms with E-state index in [1.54, 1.807) is 0 Å². The van der Waals surface area contributed by atoms with Crippen LogP contribution in [0.15, 0.2) is 18.3 Å². The molecule has 1 aliphatic rings. The van der Waals surface area contributed by atoms with Crippen LogP contribution in [0.4, 0.5) is 0 Å². The zero-order chi connectivity index (χ0) is 19.1. The molecule has 27 heavy (non-hydrogen) atoms. The molecule has 3 aromatic heterocycles. The van der Waals surface area contributed by atoms with Gasteiger partial charge in [-0.15, -0.1) is 11.3 Å². The Hall–Kier alpha value is -2.21. The average Bonchev–Trinajstić information content (AvgIpc) is 3.08. The van der Waals surface area contributed by atoms with Crippen molar-refractivity contribution in [2.75, 3.05) is 6.54 Å². The molecular formula is C21H26N4OS. The van der Waals surface area contributed by atoms with Gasteiger partial charge in [-0.3, -0.25) is 4.79 Å². The highest BCUT2D eigenvalue weighted by atomic mass is 32.1. The summed E-state index contributed by atoms with van der Waals surface area (Å²) in [7, 11) is 2.06. The van der Waals surface area contributed by atoms with Crippen LogP contribution in [0.2, 0.25) is 0 Å². The molecule has 4 rings (SSSR count). The monoisotopic (exact) mass is 382 g/mol. The lowest BCUT2D eigenvalue weighted by Gasteiger charge is -2.30. The fraction of sp³-hybridized carbons (Fsp3) is 0.476. The molecule has 0 N–H and O–H groups in total. The third kappa shape index (κ3) is 3.16. The number of amides is 1. The van der Waals surface area contributed by atoms with E-state index >= 15 is 0 Å². The normalized spacial score (nSPS) is 18.1. The van der Waals surface area contributed by atoms with Gasteiger partial charge in [0.25, 0.3) is 5.91 Å². The lowest BCUT2D eigenvalue weighted by molar-refractivity contribution is 0.0679. The predicted molar refractivity (Wildman–Crippen MR) is 109 cm³/mol. The quantitative estimate of drug-likeness (QED) is 0.645. The number of rotatable bonds is 2. The van der Waals surface area contributed by atoms with Crippen LogP contribution in [0.3, 0.4) is 0 Å². The van der Waals surface area contributed by atoms with Gasteiger partial charge in [-0.2, -0.15) is 0 Å². The highest BCUT2D eigenvalue weighted by molar-refractivity contribution is 7.20. The van der Waals surface area contributed by atoms with Gasteiger partial charge in [0, 0.05) is 36.6 Å². The van der Waals surface area contributed by atoms with Crippen molar-refractivity contribution in [1.82, 2.24) is 19.4 Å². The summed E-state index contributed by atoms with van der Waals surface area (Å²) in [6, 6.07) is 4.35. The third-order valence-electron chi connectivity index (χ3n) is 5.62. The van der Waals surface area contributed by atoms with Gasteiger partial charge in [-0.05, 0) is 51.3 Å². The van der Waals surface area contributed by atoms with Crippen molar-refractivity contribution in [1.29, 1.82) is 0 Å². The van der Waals surface area contributed by atoms with Crippen molar-refractivity contribution in [3.05, 3.63) is 46.0 Å². The Morgan fingerprint density at radius 1 is 1.19 bits per heavy atom. The number of carbonyl (C=O) groups excluding carboxylic acids is 1. The molecule has 0 saturated carbocycles. The summed E-state index contributed by atoms with van der Waals surface area (Å²) >= 11 is 1.52. The van der Waals surface area contributed by atoms with E-state index < -0.39 is 0 Å². The number of nitrogens with zero attached hydrogens (tertiary/aromatic N) is 4. The molecular weight excluding hydrogens is 356 g/mol. The van der Waals surface area contributed by atoms with Crippen LogP contribution in [0.25, 0.3) is 10.2 Å². The van der Waals surface area contributed by atoms with Gasteiger partial charge < -0.3 is 9.47 Å². The van der Waals surface area contributed by atoms with Crippen molar-refractivity contribution in [3.63, 3.8) is 0 Å². The smallest absolute Gasteiger partial charge is 0.264 e. The van der Waals surface area contributed by atoms with Gasteiger partial charge >= 0.3 is 0 Å². The molecule has 1 atom stereocenters. The SMILES string of the molecule is Cc1nc(C)c2c(C)c(C(=O)N3CCCCCC3c3cccn3C)sc2n1. The van der Waals surface area contributed by atoms with Gasteiger partial charge in [0.05, 0.1) is 10.9 Å². The summed E-state index contributed by atoms with van der Waals surface area (Å²) in [5.41, 5.74) is 3.20. The van der Waals surface area contributed by atoms with Crippen molar-refractivity contribution in [2.45, 2.75) is 52.5 Å². The molecule has 4 heterocycles. The molecule has 1 fully saturated rings. The Balaban J connectivity index is 1.78. The van der Waals surface area contributed by atoms with Crippen LogP contribution in [-0.2, 0) is 7.05 Å². The first-order chi connectivity index (χ1) is 13.0. The summed E-state index contributed by atoms with van der Waals surface area (Å²) in [4.78, 5) is 26.5. The van der Waals surface area contributed by atoms with E-state index in [0.29, 0.717) is 0 Å². The zero-order valence-electron chi connectivity index (χ0n) is 16.5. The lowest BCUT2D eigenvalue weighted by atomic mass is 10.1. The largest absolute Gasteiger partial charge is 0.353 e. The second-order valence-electron chi connectivity index (χ2n) is 7.50. The fourth-order valence-corrected chi connectivity index (χ4v) is 5.52. The van der Waals surface area contributed by atoms with Crippen molar-refractivity contribution in [2.24, 2.45) is 7.05 Å². The summed E-state index contributed by atoms with van der Waals surface area (Å²) in [6.07, 6.45) is 6.49. The molecule has 142 valence electrons. The maximum Gasteiger partial charge on any atom is 0.264 e. The molecule has 0 bridgehead atoms. The molecule has 1 unspecified atom stereocenters. The molecule has 0 aliphatic carbocycles. The summed E-state index contributed by atoms with van der Waals surface area (Å²) in [6.45, 7) is 6.76. The molecule has 0 aromatic carbocycles. The standard InChI is InChI=1S/C21H26N4OS/c1-13-18-14(2)22-15(3)23-20(18)27-19(13)21(26)25-12-7-5-6-9-17(25)16-10-8-11-24(16)4/h8,10-11,17H,5-7,9,12H2,1-4H3. The number of aromatic nitrogens is 3. The number of carbonyl (C=O) groups is 1. The molecule has 5 nitrogen and oxygen atoms in total. The minimum Gasteiger partial charge on any atom is -0.353 e. The summed E-state index contributed by atoms with van der Waals surface area (Å²) < 4.78 is 2.15. The number of likely N-dealkylation sites (tertiary alicyclic amines) is 1. The molecule has 6 heteroatoms. The van der Waals surface area contributed by atoms with Crippen LogP contribution in [0.1, 0.15) is 64.2 Å². The predicted octanol–water partition coefficient (Wildman–Crippen LogP) is 4.71. The van der Waals surface area contributed by atoms with E-state index in [1.807, 2.05) is 20.8 Å². The van der Waals surface area contributed by atoms with Crippen molar-refractivity contribution >= 4 is 27.5 Å². The van der Waals surface area contributed by atoms with E-state index in [-0.39, 0.29) is 11.9 Å². The molecule has 1 aliphatic heterocycles. The number of hydrogen-bond acceptors (Lipinski definition) is 4. The van der Waals surface area contributed by atoms with Crippen LogP contribution < -0.4 is 0 Å². The van der Waals surface area contributed by atoms with Crippen molar-refractivity contribution in [3.8, 4) is 0 Å². The van der Waals surface area contributed by atoms with E-state index in [4.69, 9.17) is 0 Å². The second-order valence-corrected chi connectivity index (χ2v) is 8.50. The van der Waals surface area contributed by atoms with E-state index in [0.717, 1.165) is 58.0 Å². The van der Waals surface area contributed by atoms with E-state index in [9.17, 15) is 4.79 Å². The topological polar surface area (TPSA) is 51.0 Å². The van der Waals surface area contributed by atoms with E-state index in [2.05, 4.69) is 44.8 Å². The van der Waals surface area contributed by atoms with Crippen molar-refractivity contribution < 1.29 is 4.79 Å². The Morgan fingerprint density at radius 2 is 2.00 bits per heavy atom.